The molecule has 202 valence electrons. The van der Waals surface area contributed by atoms with Gasteiger partial charge in [-0.05, 0) is 52.1 Å². The minimum absolute atomic E-state index is 0.243. The van der Waals surface area contributed by atoms with Crippen molar-refractivity contribution in [1.29, 1.82) is 0 Å². The molecule has 3 heterocycles. The molecule has 2 aliphatic rings. The number of imidazole rings is 1. The van der Waals surface area contributed by atoms with Crippen molar-refractivity contribution in [2.75, 3.05) is 26.2 Å². The number of amides is 1. The van der Waals surface area contributed by atoms with Crippen molar-refractivity contribution in [3.8, 4) is 0 Å². The van der Waals surface area contributed by atoms with Crippen LogP contribution in [-0.4, -0.2) is 67.5 Å². The number of hydrogen-bond acceptors (Lipinski definition) is 7. The number of rotatable bonds is 5. The summed E-state index contributed by atoms with van der Waals surface area (Å²) in [6, 6.07) is 8.72. The minimum Gasteiger partial charge on any atom is -0.418 e. The highest BCUT2D eigenvalue weighted by molar-refractivity contribution is 6.30. The molecule has 0 spiro atoms. The lowest BCUT2D eigenvalue weighted by Crippen LogP contribution is -2.51. The Morgan fingerprint density at radius 2 is 2.05 bits per heavy atom. The Kier molecular flexibility index (Phi) is 7.33. The van der Waals surface area contributed by atoms with Gasteiger partial charge in [-0.25, -0.2) is 9.78 Å². The van der Waals surface area contributed by atoms with Crippen LogP contribution in [0.4, 0.5) is 4.79 Å². The van der Waals surface area contributed by atoms with Gasteiger partial charge in [-0.1, -0.05) is 28.8 Å². The molecule has 2 atom stereocenters. The summed E-state index contributed by atoms with van der Waals surface area (Å²) < 4.78 is 6.99. The van der Waals surface area contributed by atoms with Gasteiger partial charge in [0.05, 0.1) is 23.8 Å². The van der Waals surface area contributed by atoms with Gasteiger partial charge in [0.1, 0.15) is 6.04 Å². The first kappa shape index (κ1) is 26.7. The van der Waals surface area contributed by atoms with Crippen molar-refractivity contribution in [3.63, 3.8) is 0 Å². The number of nitrogens with zero attached hydrogens (tertiary/aromatic N) is 8. The fourth-order valence-corrected chi connectivity index (χ4v) is 5.36. The second kappa shape index (κ2) is 10.7. The number of ether oxygens (including phenoxy) is 1. The number of aliphatic hydroxyl groups is 1. The summed E-state index contributed by atoms with van der Waals surface area (Å²) in [6.07, 6.45) is 6.60. The van der Waals surface area contributed by atoms with Crippen LogP contribution in [0, 0.1) is 0 Å². The molecule has 1 aliphatic carbocycles. The Bertz CT molecular complexity index is 1470. The van der Waals surface area contributed by atoms with Gasteiger partial charge in [0, 0.05) is 69.4 Å². The lowest BCUT2D eigenvalue weighted by atomic mass is 9.90. The Morgan fingerprint density at radius 3 is 2.72 bits per heavy atom. The van der Waals surface area contributed by atoms with Crippen LogP contribution in [-0.2, 0) is 11.8 Å². The van der Waals surface area contributed by atoms with Gasteiger partial charge in [0.2, 0.25) is 5.79 Å². The number of piperazine rings is 1. The first-order chi connectivity index (χ1) is 18.7. The van der Waals surface area contributed by atoms with E-state index in [2.05, 4.69) is 19.9 Å². The summed E-state index contributed by atoms with van der Waals surface area (Å²) in [5, 5.41) is 14.6. The number of benzene rings is 1. The number of azide groups is 1. The zero-order valence-electron chi connectivity index (χ0n) is 21.9. The number of hydrogen-bond donors (Lipinski definition) is 1. The monoisotopic (exact) mass is 548 g/mol. The molecule has 1 aliphatic heterocycles. The van der Waals surface area contributed by atoms with Gasteiger partial charge in [-0.3, -0.25) is 9.88 Å². The fraction of sp³-hybridized carbons (Fsp3) is 0.370. The second-order valence-electron chi connectivity index (χ2n) is 10.1. The highest BCUT2D eigenvalue weighted by Gasteiger charge is 2.36. The molecular formula is C27H29ClN8O3. The van der Waals surface area contributed by atoms with E-state index in [9.17, 15) is 15.4 Å². The molecule has 12 heteroatoms. The van der Waals surface area contributed by atoms with Gasteiger partial charge in [0.25, 0.3) is 0 Å². The van der Waals surface area contributed by atoms with Crippen molar-refractivity contribution < 1.29 is 14.6 Å². The van der Waals surface area contributed by atoms with E-state index in [1.807, 2.05) is 48.0 Å². The quantitative estimate of drug-likeness (QED) is 0.208. The molecule has 1 unspecified atom stereocenters. The number of halogens is 1. The SMILES string of the molecule is Cn1cncc1C(N=[N+]=[N-])C1=Cc2cccnc2[C@@H](N2CCN(C(=O)OC(C)(C)O)CC2)c2ccc(Cl)cc21. The third kappa shape index (κ3) is 5.48. The molecule has 0 radical (unpaired) electrons. The summed E-state index contributed by atoms with van der Waals surface area (Å²) in [5.74, 6) is -1.55. The van der Waals surface area contributed by atoms with E-state index in [0.29, 0.717) is 31.2 Å². The van der Waals surface area contributed by atoms with E-state index in [1.54, 1.807) is 23.6 Å². The lowest BCUT2D eigenvalue weighted by molar-refractivity contribution is -0.140. The molecule has 3 aromatic rings. The maximum Gasteiger partial charge on any atom is 0.412 e. The maximum atomic E-state index is 12.5. The highest BCUT2D eigenvalue weighted by atomic mass is 35.5. The molecule has 1 saturated heterocycles. The molecule has 11 nitrogen and oxygen atoms in total. The van der Waals surface area contributed by atoms with Gasteiger partial charge < -0.3 is 19.3 Å². The zero-order valence-corrected chi connectivity index (χ0v) is 22.7. The van der Waals surface area contributed by atoms with Crippen LogP contribution in [0.15, 0.2) is 54.2 Å². The molecule has 0 saturated carbocycles. The number of aryl methyl sites for hydroxylation is 1. The number of aromatic nitrogens is 3. The number of pyridine rings is 1. The maximum absolute atomic E-state index is 12.5. The van der Waals surface area contributed by atoms with Crippen LogP contribution in [0.25, 0.3) is 22.1 Å². The van der Waals surface area contributed by atoms with E-state index in [-0.39, 0.29) is 6.04 Å². The van der Waals surface area contributed by atoms with E-state index in [0.717, 1.165) is 33.7 Å². The van der Waals surface area contributed by atoms with E-state index >= 15 is 0 Å². The normalized spacial score (nSPS) is 18.2. The molecule has 2 aromatic heterocycles. The number of carbonyl (C=O) groups excluding carboxylic acids is 1. The van der Waals surface area contributed by atoms with Crippen LogP contribution in [0.3, 0.4) is 0 Å². The smallest absolute Gasteiger partial charge is 0.412 e. The Morgan fingerprint density at radius 1 is 1.28 bits per heavy atom. The topological polar surface area (TPSA) is 132 Å². The molecule has 1 amide bonds. The summed E-state index contributed by atoms with van der Waals surface area (Å²) in [7, 11) is 1.86. The van der Waals surface area contributed by atoms with Crippen LogP contribution in [0.2, 0.25) is 5.02 Å². The predicted octanol–water partition coefficient (Wildman–Crippen LogP) is 4.95. The first-order valence-electron chi connectivity index (χ1n) is 12.6. The minimum atomic E-state index is -1.55. The zero-order chi connectivity index (χ0) is 27.7. The van der Waals surface area contributed by atoms with Crippen molar-refractivity contribution in [3.05, 3.63) is 92.6 Å². The Hall–Kier alpha value is -3.89. The van der Waals surface area contributed by atoms with E-state index in [1.165, 1.54) is 13.8 Å². The average Bonchev–Trinajstić information content (AvgIpc) is 3.26. The lowest BCUT2D eigenvalue weighted by Gasteiger charge is -2.40. The summed E-state index contributed by atoms with van der Waals surface area (Å²) in [5.41, 5.74) is 14.6. The average molecular weight is 549 g/mol. The standard InChI is InChI=1S/C27H29ClN8O3/c1-27(2,38)39-26(37)36-11-9-35(10-12-36)25-19-7-6-18(28)14-20(19)21(13-17-5-4-8-31-23(17)25)24(32-33-29)22-15-30-16-34(22)3/h4-8,13-16,24-25,38H,9-12H2,1-3H3/t24?,25-/m0/s1. The van der Waals surface area contributed by atoms with E-state index < -0.39 is 17.9 Å². The largest absolute Gasteiger partial charge is 0.418 e. The van der Waals surface area contributed by atoms with Crippen LogP contribution in [0.5, 0.6) is 0 Å². The molecule has 0 bridgehead atoms. The van der Waals surface area contributed by atoms with Gasteiger partial charge in [0.15, 0.2) is 0 Å². The molecule has 1 fully saturated rings. The van der Waals surface area contributed by atoms with Crippen molar-refractivity contribution in [2.45, 2.75) is 31.7 Å². The first-order valence-corrected chi connectivity index (χ1v) is 12.9. The fourth-order valence-electron chi connectivity index (χ4n) is 5.19. The Labute approximate surface area is 230 Å². The van der Waals surface area contributed by atoms with Crippen molar-refractivity contribution in [2.24, 2.45) is 12.2 Å². The summed E-state index contributed by atoms with van der Waals surface area (Å²) in [6.45, 7) is 4.82. The predicted molar refractivity (Wildman–Crippen MR) is 146 cm³/mol. The van der Waals surface area contributed by atoms with Crippen LogP contribution >= 0.6 is 11.6 Å². The van der Waals surface area contributed by atoms with Gasteiger partial charge in [-0.15, -0.1) is 0 Å². The van der Waals surface area contributed by atoms with Crippen molar-refractivity contribution in [1.82, 2.24) is 24.3 Å². The molecule has 39 heavy (non-hydrogen) atoms. The van der Waals surface area contributed by atoms with Gasteiger partial charge in [-0.2, -0.15) is 0 Å². The van der Waals surface area contributed by atoms with Crippen LogP contribution < -0.4 is 0 Å². The molecule has 5 rings (SSSR count). The third-order valence-electron chi connectivity index (χ3n) is 6.93. The number of carbonyl (C=O) groups is 1. The molecular weight excluding hydrogens is 520 g/mol. The molecule has 1 N–H and O–H groups in total. The van der Waals surface area contributed by atoms with Crippen LogP contribution in [0.1, 0.15) is 54.0 Å². The Balaban J connectivity index is 1.58. The summed E-state index contributed by atoms with van der Waals surface area (Å²) in [4.78, 5) is 28.6. The van der Waals surface area contributed by atoms with Crippen molar-refractivity contribution >= 4 is 29.3 Å². The number of fused-ring (bicyclic) bond motifs is 2. The second-order valence-corrected chi connectivity index (χ2v) is 10.5. The van der Waals surface area contributed by atoms with Gasteiger partial charge >= 0.3 is 6.09 Å². The van der Waals surface area contributed by atoms with E-state index in [4.69, 9.17) is 21.3 Å². The highest BCUT2D eigenvalue weighted by Crippen LogP contribution is 2.45. The summed E-state index contributed by atoms with van der Waals surface area (Å²) >= 11 is 6.53. The third-order valence-corrected chi connectivity index (χ3v) is 7.17. The molecule has 1 aromatic carbocycles.